The van der Waals surface area contributed by atoms with Crippen LogP contribution in [-0.2, 0) is 0 Å². The van der Waals surface area contributed by atoms with E-state index in [1.54, 1.807) is 17.7 Å². The molecule has 0 N–H and O–H groups in total. The van der Waals surface area contributed by atoms with Gasteiger partial charge in [-0.2, -0.15) is 0 Å². The van der Waals surface area contributed by atoms with Gasteiger partial charge in [-0.1, -0.05) is 13.8 Å². The maximum absolute atomic E-state index is 4.56. The summed E-state index contributed by atoms with van der Waals surface area (Å²) >= 11 is 1.70. The maximum Gasteiger partial charge on any atom is 0.141 e. The molecule has 0 spiro atoms. The van der Waals surface area contributed by atoms with Crippen LogP contribution in [0.4, 0.5) is 5.82 Å². The number of fused-ring (bicyclic) bond motifs is 1. The highest BCUT2D eigenvalue weighted by molar-refractivity contribution is 7.16. The van der Waals surface area contributed by atoms with Gasteiger partial charge in [-0.15, -0.1) is 11.3 Å². The van der Waals surface area contributed by atoms with E-state index in [4.69, 9.17) is 0 Å². The number of nitrogens with zero attached hydrogens (tertiary/aromatic N) is 3. The monoisotopic (exact) mass is 275 g/mol. The standard InChI is InChI=1S/C15H21N3S/c1-11(2)5-6-12-4-3-8-18(12)14-13-7-9-19-15(13)17-10-16-14/h7,9-12H,3-6,8H2,1-2H3. The molecule has 1 unspecified atom stereocenters. The summed E-state index contributed by atoms with van der Waals surface area (Å²) in [6.07, 6.45) is 6.90. The highest BCUT2D eigenvalue weighted by atomic mass is 32.1. The first-order valence-electron chi connectivity index (χ1n) is 7.20. The Balaban J connectivity index is 1.85. The van der Waals surface area contributed by atoms with Gasteiger partial charge >= 0.3 is 0 Å². The second kappa shape index (κ2) is 5.45. The lowest BCUT2D eigenvalue weighted by Crippen LogP contribution is -2.30. The Labute approximate surface area is 118 Å². The van der Waals surface area contributed by atoms with E-state index in [2.05, 4.69) is 40.2 Å². The second-order valence-electron chi connectivity index (χ2n) is 5.80. The van der Waals surface area contributed by atoms with E-state index in [1.165, 1.54) is 31.1 Å². The number of aromatic nitrogens is 2. The summed E-state index contributed by atoms with van der Waals surface area (Å²) < 4.78 is 0. The van der Waals surface area contributed by atoms with Gasteiger partial charge in [0.15, 0.2) is 0 Å². The fourth-order valence-electron chi connectivity index (χ4n) is 2.95. The third-order valence-corrected chi connectivity index (χ3v) is 4.79. The maximum atomic E-state index is 4.56. The molecular formula is C15H21N3S. The number of hydrogen-bond acceptors (Lipinski definition) is 4. The fraction of sp³-hybridized carbons (Fsp3) is 0.600. The molecule has 102 valence electrons. The van der Waals surface area contributed by atoms with Crippen LogP contribution < -0.4 is 4.90 Å². The Morgan fingerprint density at radius 2 is 2.32 bits per heavy atom. The molecule has 0 saturated carbocycles. The lowest BCUT2D eigenvalue weighted by atomic mass is 10.0. The fourth-order valence-corrected chi connectivity index (χ4v) is 3.67. The molecule has 0 bridgehead atoms. The molecule has 0 aliphatic carbocycles. The molecule has 19 heavy (non-hydrogen) atoms. The average Bonchev–Trinajstić information content (AvgIpc) is 3.04. The van der Waals surface area contributed by atoms with Crippen molar-refractivity contribution in [1.29, 1.82) is 0 Å². The van der Waals surface area contributed by atoms with Crippen LogP contribution in [0.2, 0.25) is 0 Å². The number of hydrogen-bond donors (Lipinski definition) is 0. The van der Waals surface area contributed by atoms with Crippen LogP contribution in [0.15, 0.2) is 17.8 Å². The smallest absolute Gasteiger partial charge is 0.141 e. The van der Waals surface area contributed by atoms with E-state index >= 15 is 0 Å². The summed E-state index contributed by atoms with van der Waals surface area (Å²) in [4.78, 5) is 12.5. The van der Waals surface area contributed by atoms with Crippen molar-refractivity contribution >= 4 is 27.4 Å². The minimum absolute atomic E-state index is 0.667. The van der Waals surface area contributed by atoms with Crippen molar-refractivity contribution in [3.63, 3.8) is 0 Å². The lowest BCUT2D eigenvalue weighted by Gasteiger charge is -2.26. The largest absolute Gasteiger partial charge is 0.353 e. The van der Waals surface area contributed by atoms with E-state index in [1.807, 2.05) is 0 Å². The predicted octanol–water partition coefficient (Wildman–Crippen LogP) is 4.10. The summed E-state index contributed by atoms with van der Waals surface area (Å²) in [5.41, 5.74) is 0. The molecule has 1 saturated heterocycles. The molecule has 0 amide bonds. The van der Waals surface area contributed by atoms with E-state index in [9.17, 15) is 0 Å². The van der Waals surface area contributed by atoms with Crippen LogP contribution in [0, 0.1) is 5.92 Å². The van der Waals surface area contributed by atoms with Gasteiger partial charge < -0.3 is 4.90 Å². The van der Waals surface area contributed by atoms with Crippen molar-refractivity contribution in [1.82, 2.24) is 9.97 Å². The van der Waals surface area contributed by atoms with Gasteiger partial charge in [0.2, 0.25) is 0 Å². The molecule has 3 rings (SSSR count). The minimum Gasteiger partial charge on any atom is -0.353 e. The summed E-state index contributed by atoms with van der Waals surface area (Å²) in [6.45, 7) is 5.76. The van der Waals surface area contributed by atoms with Crippen molar-refractivity contribution in [3.05, 3.63) is 17.8 Å². The first-order valence-corrected chi connectivity index (χ1v) is 8.08. The first kappa shape index (κ1) is 12.9. The SMILES string of the molecule is CC(C)CCC1CCCN1c1ncnc2sccc12. The van der Waals surface area contributed by atoms with Gasteiger partial charge in [0.25, 0.3) is 0 Å². The molecule has 1 atom stereocenters. The van der Waals surface area contributed by atoms with Gasteiger partial charge in [-0.3, -0.25) is 0 Å². The van der Waals surface area contributed by atoms with Crippen LogP contribution in [0.1, 0.15) is 39.5 Å². The third-order valence-electron chi connectivity index (χ3n) is 3.97. The average molecular weight is 275 g/mol. The molecule has 2 aromatic rings. The van der Waals surface area contributed by atoms with E-state index in [0.717, 1.165) is 23.1 Å². The molecule has 3 heterocycles. The molecule has 3 nitrogen and oxygen atoms in total. The minimum atomic E-state index is 0.667. The van der Waals surface area contributed by atoms with Gasteiger partial charge in [-0.05, 0) is 43.0 Å². The molecule has 0 aromatic carbocycles. The summed E-state index contributed by atoms with van der Waals surface area (Å²) in [6, 6.07) is 2.83. The number of rotatable bonds is 4. The summed E-state index contributed by atoms with van der Waals surface area (Å²) in [5.74, 6) is 1.94. The van der Waals surface area contributed by atoms with Crippen molar-refractivity contribution in [2.75, 3.05) is 11.4 Å². The third kappa shape index (κ3) is 2.59. The molecule has 4 heteroatoms. The quantitative estimate of drug-likeness (QED) is 0.841. The van der Waals surface area contributed by atoms with Gasteiger partial charge in [0, 0.05) is 12.6 Å². The summed E-state index contributed by atoms with van der Waals surface area (Å²) in [5, 5.41) is 3.34. The Morgan fingerprint density at radius 3 is 3.16 bits per heavy atom. The summed E-state index contributed by atoms with van der Waals surface area (Å²) in [7, 11) is 0. The number of thiophene rings is 1. The van der Waals surface area contributed by atoms with Crippen molar-refractivity contribution in [2.45, 2.75) is 45.6 Å². The topological polar surface area (TPSA) is 29.0 Å². The van der Waals surface area contributed by atoms with Crippen molar-refractivity contribution < 1.29 is 0 Å². The first-order chi connectivity index (χ1) is 9.25. The highest BCUT2D eigenvalue weighted by Crippen LogP contribution is 2.33. The van der Waals surface area contributed by atoms with Gasteiger partial charge in [0.05, 0.1) is 5.39 Å². The van der Waals surface area contributed by atoms with Crippen LogP contribution in [0.5, 0.6) is 0 Å². The zero-order chi connectivity index (χ0) is 13.2. The van der Waals surface area contributed by atoms with E-state index in [-0.39, 0.29) is 0 Å². The van der Waals surface area contributed by atoms with E-state index in [0.29, 0.717) is 6.04 Å². The van der Waals surface area contributed by atoms with Crippen LogP contribution in [0.3, 0.4) is 0 Å². The Kier molecular flexibility index (Phi) is 3.69. The van der Waals surface area contributed by atoms with Gasteiger partial charge in [-0.25, -0.2) is 9.97 Å². The molecule has 1 aliphatic heterocycles. The lowest BCUT2D eigenvalue weighted by molar-refractivity contribution is 0.494. The zero-order valence-corrected chi connectivity index (χ0v) is 12.5. The van der Waals surface area contributed by atoms with Crippen molar-refractivity contribution in [2.24, 2.45) is 5.92 Å². The highest BCUT2D eigenvalue weighted by Gasteiger charge is 2.27. The van der Waals surface area contributed by atoms with Crippen LogP contribution in [-0.4, -0.2) is 22.6 Å². The van der Waals surface area contributed by atoms with E-state index < -0.39 is 0 Å². The number of anilines is 1. The Hall–Kier alpha value is -1.16. The predicted molar refractivity (Wildman–Crippen MR) is 81.9 cm³/mol. The normalized spacial score (nSPS) is 19.7. The molecule has 0 radical (unpaired) electrons. The molecule has 1 fully saturated rings. The molecular weight excluding hydrogens is 254 g/mol. The van der Waals surface area contributed by atoms with Gasteiger partial charge in [0.1, 0.15) is 17.0 Å². The van der Waals surface area contributed by atoms with Crippen molar-refractivity contribution in [3.8, 4) is 0 Å². The second-order valence-corrected chi connectivity index (χ2v) is 6.69. The zero-order valence-electron chi connectivity index (χ0n) is 11.7. The van der Waals surface area contributed by atoms with Crippen LogP contribution in [0.25, 0.3) is 10.2 Å². The van der Waals surface area contributed by atoms with Crippen LogP contribution >= 0.6 is 11.3 Å². The molecule has 2 aromatic heterocycles. The Bertz CT molecular complexity index is 549. The Morgan fingerprint density at radius 1 is 1.42 bits per heavy atom. The molecule has 1 aliphatic rings.